The number of anilines is 1. The van der Waals surface area contributed by atoms with Crippen LogP contribution in [-0.4, -0.2) is 18.4 Å². The Kier molecular flexibility index (Phi) is 4.44. The average molecular weight is 333 g/mol. The van der Waals surface area contributed by atoms with E-state index in [2.05, 4.69) is 14.7 Å². The fourth-order valence-corrected chi connectivity index (χ4v) is 3.73. The van der Waals surface area contributed by atoms with Gasteiger partial charge in [0.1, 0.15) is 11.2 Å². The Balaban J connectivity index is 2.28. The summed E-state index contributed by atoms with van der Waals surface area (Å²) in [4.78, 5) is 7.45. The van der Waals surface area contributed by atoms with Crippen molar-refractivity contribution in [3.63, 3.8) is 0 Å². The molecule has 0 saturated heterocycles. The van der Waals surface area contributed by atoms with Gasteiger partial charge in [0, 0.05) is 11.9 Å². The SMILES string of the molecule is Nc1cc(Cl)c(S(=O)(=O)NCc2ccncn2)c(Cl)c1. The number of sulfonamides is 1. The number of benzene rings is 1. The predicted molar refractivity (Wildman–Crippen MR) is 76.9 cm³/mol. The Bertz CT molecular complexity index is 699. The Labute approximate surface area is 126 Å². The summed E-state index contributed by atoms with van der Waals surface area (Å²) in [5.74, 6) is 0. The molecule has 3 N–H and O–H groups in total. The molecule has 0 bridgehead atoms. The molecule has 1 aromatic heterocycles. The number of nitrogens with one attached hydrogen (secondary N) is 1. The molecule has 0 atom stereocenters. The molecule has 0 saturated carbocycles. The molecule has 0 unspecified atom stereocenters. The number of hydrogen-bond acceptors (Lipinski definition) is 5. The average Bonchev–Trinajstić information content (AvgIpc) is 2.36. The number of nitrogens with zero attached hydrogens (tertiary/aromatic N) is 2. The standard InChI is InChI=1S/C11H10Cl2N4O2S/c12-9-3-7(14)4-10(13)11(9)20(18,19)17-5-8-1-2-15-6-16-8/h1-4,6,17H,5,14H2. The number of nitrogen functional groups attached to an aromatic ring is 1. The number of hydrogen-bond donors (Lipinski definition) is 2. The van der Waals surface area contributed by atoms with E-state index in [1.54, 1.807) is 6.07 Å². The molecule has 2 rings (SSSR count). The van der Waals surface area contributed by atoms with Crippen molar-refractivity contribution in [2.24, 2.45) is 0 Å². The molecule has 0 radical (unpaired) electrons. The van der Waals surface area contributed by atoms with E-state index in [-0.39, 0.29) is 27.2 Å². The smallest absolute Gasteiger partial charge is 0.243 e. The minimum atomic E-state index is -3.87. The maximum atomic E-state index is 12.2. The van der Waals surface area contributed by atoms with Crippen LogP contribution in [0.25, 0.3) is 0 Å². The summed E-state index contributed by atoms with van der Waals surface area (Å²) < 4.78 is 26.8. The zero-order chi connectivity index (χ0) is 14.8. The van der Waals surface area contributed by atoms with Crippen molar-refractivity contribution >= 4 is 38.9 Å². The lowest BCUT2D eigenvalue weighted by Gasteiger charge is -2.10. The topological polar surface area (TPSA) is 98.0 Å². The van der Waals surface area contributed by atoms with Crippen LogP contribution in [-0.2, 0) is 16.6 Å². The van der Waals surface area contributed by atoms with E-state index in [0.29, 0.717) is 5.69 Å². The molecule has 20 heavy (non-hydrogen) atoms. The van der Waals surface area contributed by atoms with Crippen molar-refractivity contribution in [2.75, 3.05) is 5.73 Å². The first-order valence-electron chi connectivity index (χ1n) is 5.39. The molecule has 0 amide bonds. The molecule has 2 aromatic rings. The second-order valence-corrected chi connectivity index (χ2v) is 6.36. The lowest BCUT2D eigenvalue weighted by Crippen LogP contribution is -2.24. The fourth-order valence-electron chi connectivity index (χ4n) is 1.50. The van der Waals surface area contributed by atoms with Gasteiger partial charge < -0.3 is 5.73 Å². The predicted octanol–water partition coefficient (Wildman–Crippen LogP) is 1.84. The highest BCUT2D eigenvalue weighted by Gasteiger charge is 2.22. The van der Waals surface area contributed by atoms with Crippen LogP contribution in [0.15, 0.2) is 35.6 Å². The van der Waals surface area contributed by atoms with Gasteiger partial charge in [-0.3, -0.25) is 0 Å². The van der Waals surface area contributed by atoms with Gasteiger partial charge in [-0.05, 0) is 18.2 Å². The summed E-state index contributed by atoms with van der Waals surface area (Å²) in [5.41, 5.74) is 6.34. The van der Waals surface area contributed by atoms with Crippen LogP contribution in [0, 0.1) is 0 Å². The van der Waals surface area contributed by atoms with E-state index >= 15 is 0 Å². The number of aromatic nitrogens is 2. The quantitative estimate of drug-likeness (QED) is 0.832. The van der Waals surface area contributed by atoms with Crippen LogP contribution < -0.4 is 10.5 Å². The van der Waals surface area contributed by atoms with Gasteiger partial charge in [0.05, 0.1) is 22.3 Å². The first-order chi connectivity index (χ1) is 9.40. The highest BCUT2D eigenvalue weighted by molar-refractivity contribution is 7.89. The second-order valence-electron chi connectivity index (χ2n) is 3.84. The monoisotopic (exact) mass is 332 g/mol. The van der Waals surface area contributed by atoms with Crippen LogP contribution in [0.5, 0.6) is 0 Å². The largest absolute Gasteiger partial charge is 0.399 e. The van der Waals surface area contributed by atoms with Crippen LogP contribution in [0.3, 0.4) is 0 Å². The van der Waals surface area contributed by atoms with Crippen LogP contribution in [0.4, 0.5) is 5.69 Å². The first-order valence-corrected chi connectivity index (χ1v) is 7.63. The molecular weight excluding hydrogens is 323 g/mol. The van der Waals surface area contributed by atoms with Gasteiger partial charge in [0.15, 0.2) is 0 Å². The third-order valence-electron chi connectivity index (χ3n) is 2.38. The van der Waals surface area contributed by atoms with E-state index in [1.165, 1.54) is 24.7 Å². The molecule has 6 nitrogen and oxygen atoms in total. The highest BCUT2D eigenvalue weighted by Crippen LogP contribution is 2.31. The lowest BCUT2D eigenvalue weighted by molar-refractivity contribution is 0.580. The van der Waals surface area contributed by atoms with Crippen molar-refractivity contribution < 1.29 is 8.42 Å². The summed E-state index contributed by atoms with van der Waals surface area (Å²) >= 11 is 11.8. The van der Waals surface area contributed by atoms with Crippen molar-refractivity contribution in [1.29, 1.82) is 0 Å². The van der Waals surface area contributed by atoms with Crippen molar-refractivity contribution in [1.82, 2.24) is 14.7 Å². The van der Waals surface area contributed by atoms with Crippen molar-refractivity contribution in [2.45, 2.75) is 11.4 Å². The Morgan fingerprint density at radius 2 is 1.90 bits per heavy atom. The van der Waals surface area contributed by atoms with E-state index < -0.39 is 10.0 Å². The molecule has 0 aliphatic rings. The van der Waals surface area contributed by atoms with Gasteiger partial charge >= 0.3 is 0 Å². The summed E-state index contributed by atoms with van der Waals surface area (Å²) in [7, 11) is -3.87. The van der Waals surface area contributed by atoms with E-state index in [4.69, 9.17) is 28.9 Å². The van der Waals surface area contributed by atoms with Crippen LogP contribution in [0.2, 0.25) is 10.0 Å². The van der Waals surface area contributed by atoms with Crippen LogP contribution >= 0.6 is 23.2 Å². The van der Waals surface area contributed by atoms with Gasteiger partial charge in [-0.1, -0.05) is 23.2 Å². The molecule has 0 aliphatic carbocycles. The molecule has 0 spiro atoms. The maximum absolute atomic E-state index is 12.2. The van der Waals surface area contributed by atoms with Gasteiger partial charge in [-0.15, -0.1) is 0 Å². The molecule has 0 aliphatic heterocycles. The minimum absolute atomic E-state index is 0.00187. The molecule has 1 heterocycles. The van der Waals surface area contributed by atoms with Crippen LogP contribution in [0.1, 0.15) is 5.69 Å². The zero-order valence-electron chi connectivity index (χ0n) is 10.0. The van der Waals surface area contributed by atoms with E-state index in [0.717, 1.165) is 0 Å². The Hall–Kier alpha value is -1.41. The normalized spacial score (nSPS) is 11.5. The van der Waals surface area contributed by atoms with Gasteiger partial charge in [-0.25, -0.2) is 23.1 Å². The molecule has 1 aromatic carbocycles. The molecular formula is C11H10Cl2N4O2S. The first kappa shape index (κ1) is 15.0. The van der Waals surface area contributed by atoms with E-state index in [9.17, 15) is 8.42 Å². The molecule has 106 valence electrons. The zero-order valence-corrected chi connectivity index (χ0v) is 12.4. The summed E-state index contributed by atoms with van der Waals surface area (Å²) in [5, 5.41) is -0.0737. The fraction of sp³-hybridized carbons (Fsp3) is 0.0909. The number of halogens is 2. The third kappa shape index (κ3) is 3.37. The van der Waals surface area contributed by atoms with E-state index in [1.807, 2.05) is 0 Å². The van der Waals surface area contributed by atoms with Gasteiger partial charge in [0.2, 0.25) is 10.0 Å². The summed E-state index contributed by atoms with van der Waals surface area (Å²) in [6.45, 7) is 0.00187. The number of nitrogens with two attached hydrogens (primary N) is 1. The highest BCUT2D eigenvalue weighted by atomic mass is 35.5. The number of rotatable bonds is 4. The minimum Gasteiger partial charge on any atom is -0.399 e. The Morgan fingerprint density at radius 3 is 2.45 bits per heavy atom. The maximum Gasteiger partial charge on any atom is 0.243 e. The summed E-state index contributed by atoms with van der Waals surface area (Å²) in [6, 6.07) is 4.24. The molecule has 9 heteroatoms. The Morgan fingerprint density at radius 1 is 1.25 bits per heavy atom. The van der Waals surface area contributed by atoms with Crippen molar-refractivity contribution in [3.05, 3.63) is 46.5 Å². The van der Waals surface area contributed by atoms with Crippen molar-refractivity contribution in [3.8, 4) is 0 Å². The second kappa shape index (κ2) is 5.92. The third-order valence-corrected chi connectivity index (χ3v) is 4.70. The summed E-state index contributed by atoms with van der Waals surface area (Å²) in [6.07, 6.45) is 2.84. The van der Waals surface area contributed by atoms with Gasteiger partial charge in [0.25, 0.3) is 0 Å². The molecule has 0 fully saturated rings. The van der Waals surface area contributed by atoms with Gasteiger partial charge in [-0.2, -0.15) is 0 Å². The lowest BCUT2D eigenvalue weighted by atomic mass is 10.3.